The van der Waals surface area contributed by atoms with Crippen molar-refractivity contribution >= 4 is 5.91 Å². The predicted octanol–water partition coefficient (Wildman–Crippen LogP) is 2.77. The molecule has 0 bridgehead atoms. The molecule has 0 radical (unpaired) electrons. The van der Waals surface area contributed by atoms with E-state index in [0.29, 0.717) is 31.1 Å². The molecule has 134 valence electrons. The molecule has 0 aliphatic heterocycles. The van der Waals surface area contributed by atoms with Gasteiger partial charge < -0.3 is 10.6 Å². The number of amides is 1. The summed E-state index contributed by atoms with van der Waals surface area (Å²) in [5.41, 5.74) is 3.45. The average molecular weight is 332 g/mol. The highest BCUT2D eigenvalue weighted by atomic mass is 16.1. The number of aryl methyl sites for hydroxylation is 2. The van der Waals surface area contributed by atoms with Gasteiger partial charge in [-0.1, -0.05) is 19.3 Å². The summed E-state index contributed by atoms with van der Waals surface area (Å²) in [5.74, 6) is 0.153. The molecule has 2 N–H and O–H groups in total. The van der Waals surface area contributed by atoms with E-state index in [1.807, 2.05) is 11.6 Å². The average Bonchev–Trinajstić information content (AvgIpc) is 2.82. The van der Waals surface area contributed by atoms with Gasteiger partial charge in [0.05, 0.1) is 5.69 Å². The Hall–Kier alpha value is -1.36. The Morgan fingerprint density at radius 2 is 1.79 bits per heavy atom. The summed E-state index contributed by atoms with van der Waals surface area (Å²) in [6.07, 6.45) is 9.49. The van der Waals surface area contributed by atoms with E-state index < -0.39 is 0 Å². The van der Waals surface area contributed by atoms with Crippen molar-refractivity contribution in [2.45, 2.75) is 96.8 Å². The van der Waals surface area contributed by atoms with Crippen LogP contribution < -0.4 is 10.6 Å². The van der Waals surface area contributed by atoms with E-state index >= 15 is 0 Å². The summed E-state index contributed by atoms with van der Waals surface area (Å²) in [7, 11) is 0. The molecule has 2 saturated carbocycles. The topological polar surface area (TPSA) is 59.0 Å². The minimum Gasteiger partial charge on any atom is -0.352 e. The SMILES string of the molecule is Cc1nn(CCC(=O)NC2CCC2NC2CCCCC2)c(C)c1C. The summed E-state index contributed by atoms with van der Waals surface area (Å²) in [6, 6.07) is 1.47. The molecule has 0 saturated heterocycles. The van der Waals surface area contributed by atoms with E-state index in [0.717, 1.165) is 12.1 Å². The van der Waals surface area contributed by atoms with Crippen LogP contribution in [0, 0.1) is 20.8 Å². The van der Waals surface area contributed by atoms with Crippen LogP contribution in [-0.2, 0) is 11.3 Å². The van der Waals surface area contributed by atoms with Gasteiger partial charge in [-0.3, -0.25) is 9.48 Å². The van der Waals surface area contributed by atoms with Crippen molar-refractivity contribution in [3.8, 4) is 0 Å². The van der Waals surface area contributed by atoms with E-state index in [9.17, 15) is 4.79 Å². The van der Waals surface area contributed by atoms with Gasteiger partial charge in [0, 0.05) is 36.8 Å². The van der Waals surface area contributed by atoms with Crippen LogP contribution in [0.25, 0.3) is 0 Å². The number of rotatable bonds is 6. The Morgan fingerprint density at radius 3 is 2.38 bits per heavy atom. The summed E-state index contributed by atoms with van der Waals surface area (Å²) >= 11 is 0. The first-order valence-corrected chi connectivity index (χ1v) is 9.60. The molecule has 2 atom stereocenters. The van der Waals surface area contributed by atoms with Gasteiger partial charge in [-0.15, -0.1) is 0 Å². The molecule has 2 fully saturated rings. The third-order valence-electron chi connectivity index (χ3n) is 5.97. The second-order valence-electron chi connectivity index (χ2n) is 7.63. The molecule has 0 spiro atoms. The van der Waals surface area contributed by atoms with E-state index in [1.54, 1.807) is 0 Å². The summed E-state index contributed by atoms with van der Waals surface area (Å²) in [6.45, 7) is 6.85. The summed E-state index contributed by atoms with van der Waals surface area (Å²) < 4.78 is 1.96. The van der Waals surface area contributed by atoms with Gasteiger partial charge in [0.2, 0.25) is 5.91 Å². The van der Waals surface area contributed by atoms with E-state index in [2.05, 4.69) is 29.6 Å². The third-order valence-corrected chi connectivity index (χ3v) is 5.97. The number of carbonyl (C=O) groups excluding carboxylic acids is 1. The fourth-order valence-electron chi connectivity index (χ4n) is 3.93. The van der Waals surface area contributed by atoms with Crippen molar-refractivity contribution in [2.24, 2.45) is 0 Å². The Kier molecular flexibility index (Phi) is 5.59. The van der Waals surface area contributed by atoms with Crippen LogP contribution >= 0.6 is 0 Å². The third kappa shape index (κ3) is 4.00. The fraction of sp³-hybridized carbons (Fsp3) is 0.789. The van der Waals surface area contributed by atoms with Gasteiger partial charge in [-0.2, -0.15) is 5.10 Å². The molecule has 1 amide bonds. The maximum Gasteiger partial charge on any atom is 0.222 e. The smallest absolute Gasteiger partial charge is 0.222 e. The van der Waals surface area contributed by atoms with Crippen LogP contribution in [0.3, 0.4) is 0 Å². The first-order valence-electron chi connectivity index (χ1n) is 9.60. The lowest BCUT2D eigenvalue weighted by molar-refractivity contribution is -0.123. The zero-order chi connectivity index (χ0) is 17.1. The minimum atomic E-state index is 0.153. The molecule has 0 aromatic carbocycles. The highest BCUT2D eigenvalue weighted by Gasteiger charge is 2.33. The van der Waals surface area contributed by atoms with Gasteiger partial charge in [-0.25, -0.2) is 0 Å². The largest absolute Gasteiger partial charge is 0.352 e. The first kappa shape index (κ1) is 17.5. The van der Waals surface area contributed by atoms with Crippen LogP contribution in [0.2, 0.25) is 0 Å². The normalized spacial score (nSPS) is 24.6. The van der Waals surface area contributed by atoms with Gasteiger partial charge in [0.25, 0.3) is 0 Å². The molecule has 3 rings (SSSR count). The summed E-state index contributed by atoms with van der Waals surface area (Å²) in [5, 5.41) is 11.5. The molecule has 5 heteroatoms. The van der Waals surface area contributed by atoms with Crippen LogP contribution in [0.4, 0.5) is 0 Å². The van der Waals surface area contributed by atoms with Crippen molar-refractivity contribution in [2.75, 3.05) is 0 Å². The Morgan fingerprint density at radius 1 is 1.08 bits per heavy atom. The van der Waals surface area contributed by atoms with E-state index in [1.165, 1.54) is 49.8 Å². The number of aromatic nitrogens is 2. The number of hydrogen-bond acceptors (Lipinski definition) is 3. The van der Waals surface area contributed by atoms with Gasteiger partial charge in [0.1, 0.15) is 0 Å². The molecule has 1 aromatic rings. The van der Waals surface area contributed by atoms with Crippen LogP contribution in [-0.4, -0.2) is 33.8 Å². The lowest BCUT2D eigenvalue weighted by atomic mass is 9.84. The number of nitrogens with one attached hydrogen (secondary N) is 2. The molecule has 5 nitrogen and oxygen atoms in total. The van der Waals surface area contributed by atoms with Crippen LogP contribution in [0.1, 0.15) is 68.3 Å². The standard InChI is InChI=1S/C19H32N4O/c1-13-14(2)22-23(15(13)3)12-11-19(24)21-18-10-9-17(18)20-16-7-5-4-6-8-16/h16-18,20H,4-12H2,1-3H3,(H,21,24). The zero-order valence-electron chi connectivity index (χ0n) is 15.4. The van der Waals surface area contributed by atoms with Crippen molar-refractivity contribution in [1.29, 1.82) is 0 Å². The molecular formula is C19H32N4O. The molecule has 2 aliphatic carbocycles. The fourth-order valence-corrected chi connectivity index (χ4v) is 3.93. The molecule has 1 aromatic heterocycles. The quantitative estimate of drug-likeness (QED) is 0.842. The second kappa shape index (κ2) is 7.68. The Balaban J connectivity index is 1.42. The van der Waals surface area contributed by atoms with E-state index in [4.69, 9.17) is 0 Å². The van der Waals surface area contributed by atoms with E-state index in [-0.39, 0.29) is 5.91 Å². The monoisotopic (exact) mass is 332 g/mol. The maximum atomic E-state index is 12.3. The van der Waals surface area contributed by atoms with Gasteiger partial charge >= 0.3 is 0 Å². The molecule has 24 heavy (non-hydrogen) atoms. The summed E-state index contributed by atoms with van der Waals surface area (Å²) in [4.78, 5) is 12.3. The van der Waals surface area contributed by atoms with Crippen molar-refractivity contribution in [3.63, 3.8) is 0 Å². The molecule has 2 aliphatic rings. The highest BCUT2D eigenvalue weighted by Crippen LogP contribution is 2.24. The van der Waals surface area contributed by atoms with Gasteiger partial charge in [0.15, 0.2) is 0 Å². The first-order chi connectivity index (χ1) is 11.5. The molecule has 2 unspecified atom stereocenters. The Labute approximate surface area is 145 Å². The maximum absolute atomic E-state index is 12.3. The predicted molar refractivity (Wildman–Crippen MR) is 96.0 cm³/mol. The van der Waals surface area contributed by atoms with Crippen molar-refractivity contribution in [1.82, 2.24) is 20.4 Å². The lowest BCUT2D eigenvalue weighted by Crippen LogP contribution is -2.59. The molecular weight excluding hydrogens is 300 g/mol. The van der Waals surface area contributed by atoms with Crippen molar-refractivity contribution < 1.29 is 4.79 Å². The Bertz CT molecular complexity index is 574. The lowest BCUT2D eigenvalue weighted by Gasteiger charge is -2.41. The zero-order valence-corrected chi connectivity index (χ0v) is 15.4. The van der Waals surface area contributed by atoms with Crippen LogP contribution in [0.5, 0.6) is 0 Å². The second-order valence-corrected chi connectivity index (χ2v) is 7.63. The number of carbonyl (C=O) groups is 1. The van der Waals surface area contributed by atoms with Crippen molar-refractivity contribution in [3.05, 3.63) is 17.0 Å². The molecule has 1 heterocycles. The minimum absolute atomic E-state index is 0.153. The van der Waals surface area contributed by atoms with Crippen LogP contribution in [0.15, 0.2) is 0 Å². The number of hydrogen-bond donors (Lipinski definition) is 2. The number of nitrogens with zero attached hydrogens (tertiary/aromatic N) is 2. The highest BCUT2D eigenvalue weighted by molar-refractivity contribution is 5.76. The van der Waals surface area contributed by atoms with Gasteiger partial charge in [-0.05, 0) is 52.0 Å².